The Hall–Kier alpha value is -1.02. The van der Waals surface area contributed by atoms with Crippen LogP contribution >= 0.6 is 0 Å². The van der Waals surface area contributed by atoms with E-state index in [4.69, 9.17) is 4.74 Å². The lowest BCUT2D eigenvalue weighted by molar-refractivity contribution is 0.271. The van der Waals surface area contributed by atoms with Crippen LogP contribution in [0.25, 0.3) is 0 Å². The van der Waals surface area contributed by atoms with E-state index in [0.717, 1.165) is 37.3 Å². The summed E-state index contributed by atoms with van der Waals surface area (Å²) in [5.74, 6) is 1.84. The summed E-state index contributed by atoms with van der Waals surface area (Å²) >= 11 is 0. The number of hydrogen-bond donors (Lipinski definition) is 1. The van der Waals surface area contributed by atoms with Crippen molar-refractivity contribution in [3.8, 4) is 5.75 Å². The zero-order valence-electron chi connectivity index (χ0n) is 13.0. The van der Waals surface area contributed by atoms with E-state index in [1.165, 1.54) is 37.7 Å². The summed E-state index contributed by atoms with van der Waals surface area (Å²) in [4.78, 5) is 0. The summed E-state index contributed by atoms with van der Waals surface area (Å²) in [6.07, 6.45) is 7.91. The molecule has 0 saturated heterocycles. The largest absolute Gasteiger partial charge is 0.494 e. The second kappa shape index (κ2) is 8.31. The van der Waals surface area contributed by atoms with Gasteiger partial charge >= 0.3 is 0 Å². The average molecular weight is 275 g/mol. The number of aryl methyl sites for hydroxylation is 1. The van der Waals surface area contributed by atoms with Crippen LogP contribution in [0.4, 0.5) is 0 Å². The van der Waals surface area contributed by atoms with Gasteiger partial charge in [-0.25, -0.2) is 0 Å². The first-order valence-corrected chi connectivity index (χ1v) is 8.18. The van der Waals surface area contributed by atoms with Crippen LogP contribution in [-0.4, -0.2) is 19.2 Å². The normalized spacial score (nSPS) is 22.7. The molecule has 1 aromatic carbocycles. The van der Waals surface area contributed by atoms with Gasteiger partial charge in [0.05, 0.1) is 6.61 Å². The van der Waals surface area contributed by atoms with Crippen LogP contribution in [0.2, 0.25) is 0 Å². The summed E-state index contributed by atoms with van der Waals surface area (Å²) in [5, 5.41) is 3.72. The van der Waals surface area contributed by atoms with Crippen molar-refractivity contribution in [3.63, 3.8) is 0 Å². The summed E-state index contributed by atoms with van der Waals surface area (Å²) in [7, 11) is 0. The third-order valence-corrected chi connectivity index (χ3v) is 4.38. The van der Waals surface area contributed by atoms with Gasteiger partial charge in [-0.2, -0.15) is 0 Å². The lowest BCUT2D eigenvalue weighted by Gasteiger charge is -2.29. The third kappa shape index (κ3) is 5.16. The predicted octanol–water partition coefficient (Wildman–Crippen LogP) is 4.32. The van der Waals surface area contributed by atoms with Crippen molar-refractivity contribution in [3.05, 3.63) is 29.8 Å². The van der Waals surface area contributed by atoms with Crippen LogP contribution in [0.5, 0.6) is 5.75 Å². The molecule has 0 aromatic heterocycles. The Morgan fingerprint density at radius 2 is 1.85 bits per heavy atom. The van der Waals surface area contributed by atoms with E-state index in [-0.39, 0.29) is 0 Å². The predicted molar refractivity (Wildman–Crippen MR) is 85.3 cm³/mol. The van der Waals surface area contributed by atoms with Crippen molar-refractivity contribution < 1.29 is 4.74 Å². The minimum Gasteiger partial charge on any atom is -0.494 e. The van der Waals surface area contributed by atoms with Crippen molar-refractivity contribution in [2.24, 2.45) is 5.92 Å². The Kier molecular flexibility index (Phi) is 6.38. The molecule has 2 unspecified atom stereocenters. The average Bonchev–Trinajstić information content (AvgIpc) is 2.46. The van der Waals surface area contributed by atoms with E-state index >= 15 is 0 Å². The van der Waals surface area contributed by atoms with Crippen molar-refractivity contribution in [2.45, 2.75) is 58.4 Å². The molecule has 0 heterocycles. The summed E-state index contributed by atoms with van der Waals surface area (Å²) < 4.78 is 5.75. The molecule has 0 spiro atoms. The molecule has 0 bridgehead atoms. The first-order valence-electron chi connectivity index (χ1n) is 8.18. The maximum Gasteiger partial charge on any atom is 0.119 e. The number of nitrogens with one attached hydrogen (secondary N) is 1. The number of ether oxygens (including phenoxy) is 1. The standard InChI is InChI=1S/C18H29NO/c1-15-9-11-17(12-10-15)20-14-6-5-13-19-18-8-4-3-7-16(18)2/h9-12,16,18-19H,3-8,13-14H2,1-2H3. The lowest BCUT2D eigenvalue weighted by Crippen LogP contribution is -2.37. The molecule has 1 fully saturated rings. The molecule has 1 aliphatic carbocycles. The van der Waals surface area contributed by atoms with Crippen molar-refractivity contribution in [1.29, 1.82) is 0 Å². The van der Waals surface area contributed by atoms with E-state index in [1.807, 2.05) is 0 Å². The monoisotopic (exact) mass is 275 g/mol. The van der Waals surface area contributed by atoms with Crippen LogP contribution in [-0.2, 0) is 0 Å². The molecule has 1 aliphatic rings. The fraction of sp³-hybridized carbons (Fsp3) is 0.667. The Morgan fingerprint density at radius 3 is 2.60 bits per heavy atom. The van der Waals surface area contributed by atoms with E-state index in [9.17, 15) is 0 Å². The fourth-order valence-corrected chi connectivity index (χ4v) is 2.96. The summed E-state index contributed by atoms with van der Waals surface area (Å²) in [6.45, 7) is 6.44. The van der Waals surface area contributed by atoms with E-state index in [2.05, 4.69) is 43.4 Å². The van der Waals surface area contributed by atoms with Gasteiger partial charge in [0.2, 0.25) is 0 Å². The molecule has 0 amide bonds. The molecule has 2 heteroatoms. The molecule has 0 aliphatic heterocycles. The van der Waals surface area contributed by atoms with Crippen LogP contribution in [0, 0.1) is 12.8 Å². The maximum atomic E-state index is 5.75. The topological polar surface area (TPSA) is 21.3 Å². The van der Waals surface area contributed by atoms with Crippen LogP contribution in [0.1, 0.15) is 51.0 Å². The van der Waals surface area contributed by atoms with E-state index in [0.29, 0.717) is 0 Å². The van der Waals surface area contributed by atoms with Gasteiger partial charge in [-0.1, -0.05) is 37.5 Å². The van der Waals surface area contributed by atoms with Gasteiger partial charge in [0, 0.05) is 6.04 Å². The zero-order valence-corrected chi connectivity index (χ0v) is 13.0. The third-order valence-electron chi connectivity index (χ3n) is 4.38. The Morgan fingerprint density at radius 1 is 1.10 bits per heavy atom. The number of hydrogen-bond acceptors (Lipinski definition) is 2. The Labute approximate surface area is 123 Å². The molecule has 2 rings (SSSR count). The second-order valence-electron chi connectivity index (χ2n) is 6.19. The number of unbranched alkanes of at least 4 members (excludes halogenated alkanes) is 1. The van der Waals surface area contributed by atoms with E-state index < -0.39 is 0 Å². The highest BCUT2D eigenvalue weighted by molar-refractivity contribution is 5.26. The van der Waals surface area contributed by atoms with Gasteiger partial charge in [0.25, 0.3) is 0 Å². The smallest absolute Gasteiger partial charge is 0.119 e. The summed E-state index contributed by atoms with van der Waals surface area (Å²) in [6, 6.07) is 9.05. The Bertz CT molecular complexity index is 374. The van der Waals surface area contributed by atoms with Crippen molar-refractivity contribution in [1.82, 2.24) is 5.32 Å². The molecule has 0 radical (unpaired) electrons. The Balaban J connectivity index is 1.52. The van der Waals surface area contributed by atoms with Crippen molar-refractivity contribution >= 4 is 0 Å². The highest BCUT2D eigenvalue weighted by Gasteiger charge is 2.19. The molecule has 2 atom stereocenters. The first-order chi connectivity index (χ1) is 9.75. The lowest BCUT2D eigenvalue weighted by atomic mass is 9.86. The van der Waals surface area contributed by atoms with Gasteiger partial charge in [-0.05, 0) is 57.2 Å². The van der Waals surface area contributed by atoms with Gasteiger partial charge < -0.3 is 10.1 Å². The van der Waals surface area contributed by atoms with Crippen LogP contribution in [0.15, 0.2) is 24.3 Å². The quantitative estimate of drug-likeness (QED) is 0.748. The van der Waals surface area contributed by atoms with E-state index in [1.54, 1.807) is 0 Å². The highest BCUT2D eigenvalue weighted by Crippen LogP contribution is 2.23. The molecule has 1 N–H and O–H groups in total. The zero-order chi connectivity index (χ0) is 14.2. The minimum absolute atomic E-state index is 0.752. The SMILES string of the molecule is Cc1ccc(OCCCCNC2CCCCC2C)cc1. The molecular formula is C18H29NO. The molecule has 1 saturated carbocycles. The van der Waals surface area contributed by atoms with Crippen LogP contribution in [0.3, 0.4) is 0 Å². The molecule has 20 heavy (non-hydrogen) atoms. The summed E-state index contributed by atoms with van der Waals surface area (Å²) in [5.41, 5.74) is 1.28. The molecular weight excluding hydrogens is 246 g/mol. The molecule has 2 nitrogen and oxygen atoms in total. The van der Waals surface area contributed by atoms with Gasteiger partial charge in [0.15, 0.2) is 0 Å². The van der Waals surface area contributed by atoms with Crippen molar-refractivity contribution in [2.75, 3.05) is 13.2 Å². The first kappa shape index (κ1) is 15.4. The number of benzene rings is 1. The maximum absolute atomic E-state index is 5.75. The minimum atomic E-state index is 0.752. The van der Waals surface area contributed by atoms with Crippen LogP contribution < -0.4 is 10.1 Å². The molecule has 112 valence electrons. The fourth-order valence-electron chi connectivity index (χ4n) is 2.96. The van der Waals surface area contributed by atoms with Gasteiger partial charge in [-0.3, -0.25) is 0 Å². The van der Waals surface area contributed by atoms with Gasteiger partial charge in [0.1, 0.15) is 5.75 Å². The van der Waals surface area contributed by atoms with Gasteiger partial charge in [-0.15, -0.1) is 0 Å². The highest BCUT2D eigenvalue weighted by atomic mass is 16.5. The second-order valence-corrected chi connectivity index (χ2v) is 6.19. The number of rotatable bonds is 7. The molecule has 1 aromatic rings.